The molecule has 0 saturated carbocycles. The summed E-state index contributed by atoms with van der Waals surface area (Å²) in [6, 6.07) is 6.13. The van der Waals surface area contributed by atoms with E-state index in [1.807, 2.05) is 12.1 Å². The second-order valence-electron chi connectivity index (χ2n) is 10.7. The van der Waals surface area contributed by atoms with Crippen LogP contribution in [0.25, 0.3) is 0 Å². The highest BCUT2D eigenvalue weighted by Gasteiger charge is 2.43. The van der Waals surface area contributed by atoms with E-state index in [0.29, 0.717) is 34.8 Å². The van der Waals surface area contributed by atoms with E-state index in [1.54, 1.807) is 25.2 Å². The van der Waals surface area contributed by atoms with Crippen LogP contribution >= 0.6 is 0 Å². The third-order valence-corrected chi connectivity index (χ3v) is 7.45. The Bertz CT molecular complexity index is 1240. The van der Waals surface area contributed by atoms with Crippen molar-refractivity contribution in [2.45, 2.75) is 57.2 Å². The number of nitrogens with zero attached hydrogens (tertiary/aromatic N) is 5. The van der Waals surface area contributed by atoms with Crippen molar-refractivity contribution < 1.29 is 18.6 Å². The summed E-state index contributed by atoms with van der Waals surface area (Å²) >= 11 is 0. The molecule has 0 unspecified atom stereocenters. The van der Waals surface area contributed by atoms with Gasteiger partial charge in [0.15, 0.2) is 24.3 Å². The lowest BCUT2D eigenvalue weighted by Crippen LogP contribution is -2.55. The van der Waals surface area contributed by atoms with E-state index < -0.39 is 5.82 Å². The Morgan fingerprint density at radius 1 is 1.26 bits per heavy atom. The minimum atomic E-state index is -0.476. The Hall–Kier alpha value is -3.48. The average Bonchev–Trinajstić information content (AvgIpc) is 3.52. The Balaban J connectivity index is 1.37. The molecule has 3 aliphatic heterocycles. The normalized spacial score (nSPS) is 22.3. The lowest BCUT2D eigenvalue weighted by molar-refractivity contribution is 0.0500. The average molecular weight is 541 g/mol. The van der Waals surface area contributed by atoms with E-state index in [4.69, 9.17) is 14.2 Å². The zero-order valence-electron chi connectivity index (χ0n) is 23.0. The topological polar surface area (TPSA) is 108 Å². The molecule has 3 aliphatic rings. The predicted molar refractivity (Wildman–Crippen MR) is 149 cm³/mol. The highest BCUT2D eigenvalue weighted by atomic mass is 19.1. The fourth-order valence-electron chi connectivity index (χ4n) is 5.88. The van der Waals surface area contributed by atoms with Crippen LogP contribution in [0, 0.1) is 5.82 Å². The van der Waals surface area contributed by atoms with Crippen molar-refractivity contribution in [2.24, 2.45) is 5.10 Å². The monoisotopic (exact) mass is 540 g/mol. The molecule has 210 valence electrons. The number of nitrogens with one attached hydrogen (secondary N) is 3. The number of aromatic nitrogens is 2. The first-order valence-electron chi connectivity index (χ1n) is 13.2. The van der Waals surface area contributed by atoms with Gasteiger partial charge in [0.25, 0.3) is 0 Å². The molecule has 1 aromatic heterocycles. The van der Waals surface area contributed by atoms with Crippen molar-refractivity contribution in [3.8, 4) is 5.75 Å². The number of halogens is 1. The number of fused-ring (bicyclic) bond motifs is 1. The highest BCUT2D eigenvalue weighted by molar-refractivity contribution is 6.04. The molecule has 2 atom stereocenters. The zero-order valence-corrected chi connectivity index (χ0v) is 23.0. The van der Waals surface area contributed by atoms with E-state index in [9.17, 15) is 4.39 Å². The molecule has 2 fully saturated rings. The minimum absolute atomic E-state index is 0.0596. The number of anilines is 4. The molecule has 0 spiro atoms. The van der Waals surface area contributed by atoms with Crippen LogP contribution in [-0.4, -0.2) is 72.5 Å². The number of hydrazone groups is 1. The number of piperidine rings is 1. The van der Waals surface area contributed by atoms with Crippen LogP contribution in [0.5, 0.6) is 5.75 Å². The first-order valence-corrected chi connectivity index (χ1v) is 13.2. The van der Waals surface area contributed by atoms with Crippen LogP contribution in [0.3, 0.4) is 0 Å². The molecule has 39 heavy (non-hydrogen) atoms. The van der Waals surface area contributed by atoms with Gasteiger partial charge < -0.3 is 24.8 Å². The number of amidine groups is 1. The summed E-state index contributed by atoms with van der Waals surface area (Å²) in [6.45, 7) is 10.1. The van der Waals surface area contributed by atoms with Crippen molar-refractivity contribution in [1.82, 2.24) is 20.3 Å². The van der Waals surface area contributed by atoms with Gasteiger partial charge in [0, 0.05) is 37.5 Å². The summed E-state index contributed by atoms with van der Waals surface area (Å²) in [5.74, 6) is 1.71. The Morgan fingerprint density at radius 2 is 2.10 bits per heavy atom. The number of hydrogen-bond donors (Lipinski definition) is 3. The van der Waals surface area contributed by atoms with Gasteiger partial charge in [0.2, 0.25) is 5.95 Å². The third kappa shape index (κ3) is 5.77. The quantitative estimate of drug-likeness (QED) is 0.383. The van der Waals surface area contributed by atoms with Crippen molar-refractivity contribution in [3.05, 3.63) is 42.6 Å². The molecule has 2 saturated heterocycles. The van der Waals surface area contributed by atoms with Gasteiger partial charge in [-0.15, -0.1) is 0 Å². The molecular weight excluding hydrogens is 503 g/mol. The number of hydrogen-bond acceptors (Lipinski definition) is 11. The third-order valence-electron chi connectivity index (χ3n) is 7.45. The van der Waals surface area contributed by atoms with Gasteiger partial charge in [-0.05, 0) is 64.3 Å². The molecule has 0 bridgehead atoms. The van der Waals surface area contributed by atoms with Gasteiger partial charge in [0.1, 0.15) is 18.2 Å². The molecule has 11 nitrogen and oxygen atoms in total. The molecule has 4 heterocycles. The van der Waals surface area contributed by atoms with Gasteiger partial charge in [-0.2, -0.15) is 10.1 Å². The molecule has 1 aromatic carbocycles. The standard InChI is InChI=1S/C27H37FN8O3/c1-17-33-34-24(15-37-4)36(17)22-12-18(8-9-23(22)39-16-38-5)31-26-29-14-21(28)25(32-26)30-19-11-20-7-6-10-35(20)27(2,3)13-19/h8-9,12,14,19-20,33H,1,6-7,10-11,13,15-16H2,2-5H3,(H2,29,30,31,32)/t19-,20+/m1/s1. The predicted octanol–water partition coefficient (Wildman–Crippen LogP) is 4.00. The Labute approximate surface area is 228 Å². The van der Waals surface area contributed by atoms with Crippen molar-refractivity contribution in [1.29, 1.82) is 0 Å². The molecule has 0 radical (unpaired) electrons. The van der Waals surface area contributed by atoms with Crippen molar-refractivity contribution in [2.75, 3.05) is 49.7 Å². The van der Waals surface area contributed by atoms with Gasteiger partial charge in [0.05, 0.1) is 11.9 Å². The maximum absolute atomic E-state index is 14.8. The van der Waals surface area contributed by atoms with Crippen LogP contribution in [0.1, 0.15) is 39.5 Å². The van der Waals surface area contributed by atoms with Gasteiger partial charge in [-0.1, -0.05) is 6.58 Å². The van der Waals surface area contributed by atoms with E-state index in [0.717, 1.165) is 19.4 Å². The summed E-state index contributed by atoms with van der Waals surface area (Å²) in [4.78, 5) is 13.1. The van der Waals surface area contributed by atoms with E-state index in [2.05, 4.69) is 56.5 Å². The minimum Gasteiger partial charge on any atom is -0.465 e. The molecule has 0 aliphatic carbocycles. The molecular formula is C27H37FN8O3. The van der Waals surface area contributed by atoms with Gasteiger partial charge in [-0.25, -0.2) is 9.37 Å². The van der Waals surface area contributed by atoms with Crippen LogP contribution in [0.4, 0.5) is 27.5 Å². The van der Waals surface area contributed by atoms with Crippen molar-refractivity contribution >= 4 is 29.0 Å². The zero-order chi connectivity index (χ0) is 27.6. The van der Waals surface area contributed by atoms with E-state index in [-0.39, 0.29) is 36.7 Å². The van der Waals surface area contributed by atoms with Crippen molar-refractivity contribution in [3.63, 3.8) is 0 Å². The highest BCUT2D eigenvalue weighted by Crippen LogP contribution is 2.39. The lowest BCUT2D eigenvalue weighted by atomic mass is 9.84. The maximum atomic E-state index is 14.8. The summed E-state index contributed by atoms with van der Waals surface area (Å²) < 4.78 is 31.0. The molecule has 5 rings (SSSR count). The molecule has 3 N–H and O–H groups in total. The Kier molecular flexibility index (Phi) is 7.87. The fraction of sp³-hybridized carbons (Fsp3) is 0.519. The number of rotatable bonds is 10. The second-order valence-corrected chi connectivity index (χ2v) is 10.7. The first-order chi connectivity index (χ1) is 18.8. The summed E-state index contributed by atoms with van der Waals surface area (Å²) in [7, 11) is 3.15. The molecule has 12 heteroatoms. The summed E-state index contributed by atoms with van der Waals surface area (Å²) in [5.41, 5.74) is 4.27. The number of ether oxygens (including phenoxy) is 3. The van der Waals surface area contributed by atoms with Crippen LogP contribution in [0.2, 0.25) is 0 Å². The smallest absolute Gasteiger partial charge is 0.229 e. The molecule has 2 aromatic rings. The first kappa shape index (κ1) is 27.1. The SMILES string of the molecule is C=C1NN=C(COC)N1c1cc(Nc2ncc(F)c(N[C@@H]3C[C@@H]4CCCN4C(C)(C)C3)n2)ccc1OCOC. The van der Waals surface area contributed by atoms with Gasteiger partial charge >= 0.3 is 0 Å². The van der Waals surface area contributed by atoms with E-state index >= 15 is 0 Å². The largest absolute Gasteiger partial charge is 0.465 e. The second kappa shape index (κ2) is 11.3. The van der Waals surface area contributed by atoms with Crippen LogP contribution in [0.15, 0.2) is 41.9 Å². The van der Waals surface area contributed by atoms with Gasteiger partial charge in [-0.3, -0.25) is 15.2 Å². The summed E-state index contributed by atoms with van der Waals surface area (Å²) in [5, 5.41) is 10.9. The number of benzene rings is 1. The lowest BCUT2D eigenvalue weighted by Gasteiger charge is -2.47. The van der Waals surface area contributed by atoms with Crippen LogP contribution < -0.4 is 25.7 Å². The number of methoxy groups -OCH3 is 2. The fourth-order valence-corrected chi connectivity index (χ4v) is 5.88. The maximum Gasteiger partial charge on any atom is 0.229 e. The molecule has 0 amide bonds. The summed E-state index contributed by atoms with van der Waals surface area (Å²) in [6.07, 6.45) is 5.48. The van der Waals surface area contributed by atoms with E-state index in [1.165, 1.54) is 19.0 Å². The van der Waals surface area contributed by atoms with Crippen LogP contribution in [-0.2, 0) is 9.47 Å². The Morgan fingerprint density at radius 3 is 2.90 bits per heavy atom.